The molecule has 1 fully saturated rings. The van der Waals surface area contributed by atoms with Crippen LogP contribution in [0, 0.1) is 32.6 Å². The van der Waals surface area contributed by atoms with E-state index >= 15 is 0 Å². The Morgan fingerprint density at radius 3 is 2.50 bits per heavy atom. The van der Waals surface area contributed by atoms with Crippen molar-refractivity contribution in [1.82, 2.24) is 9.78 Å². The molecule has 1 heterocycles. The highest BCUT2D eigenvalue weighted by Gasteiger charge is 2.31. The summed E-state index contributed by atoms with van der Waals surface area (Å²) < 4.78 is 2.27. The number of aromatic nitrogens is 2. The molecule has 18 heavy (non-hydrogen) atoms. The Morgan fingerprint density at radius 2 is 2.00 bits per heavy atom. The Hall–Kier alpha value is -0.830. The van der Waals surface area contributed by atoms with Crippen LogP contribution in [0.4, 0.5) is 0 Å². The van der Waals surface area contributed by atoms with Crippen molar-refractivity contribution in [1.29, 1.82) is 0 Å². The Labute approximate surface area is 111 Å². The van der Waals surface area contributed by atoms with Gasteiger partial charge in [0.2, 0.25) is 0 Å². The first-order chi connectivity index (χ1) is 8.58. The van der Waals surface area contributed by atoms with Crippen molar-refractivity contribution in [2.45, 2.75) is 59.4 Å². The van der Waals surface area contributed by atoms with E-state index in [1.165, 1.54) is 42.6 Å². The van der Waals surface area contributed by atoms with Crippen molar-refractivity contribution in [3.63, 3.8) is 0 Å². The molecule has 3 nitrogen and oxygen atoms in total. The average molecular weight is 249 g/mol. The second-order valence-electron chi connectivity index (χ2n) is 5.89. The van der Waals surface area contributed by atoms with E-state index in [0.717, 1.165) is 12.5 Å². The normalized spacial score (nSPS) is 28.6. The van der Waals surface area contributed by atoms with Crippen molar-refractivity contribution in [3.05, 3.63) is 17.0 Å². The molecule has 1 aliphatic rings. The van der Waals surface area contributed by atoms with Crippen molar-refractivity contribution in [3.8, 4) is 0 Å². The molecule has 1 saturated carbocycles. The van der Waals surface area contributed by atoms with Gasteiger partial charge in [-0.3, -0.25) is 4.68 Å². The quantitative estimate of drug-likeness (QED) is 0.894. The number of hydrogen-bond acceptors (Lipinski definition) is 2. The van der Waals surface area contributed by atoms with Crippen LogP contribution in [-0.2, 0) is 0 Å². The van der Waals surface area contributed by atoms with Gasteiger partial charge < -0.3 is 5.73 Å². The number of hydrogen-bond donors (Lipinski definition) is 1. The Morgan fingerprint density at radius 1 is 1.28 bits per heavy atom. The van der Waals surface area contributed by atoms with E-state index in [2.05, 4.69) is 32.4 Å². The molecule has 0 bridgehead atoms. The topological polar surface area (TPSA) is 43.8 Å². The fourth-order valence-corrected chi connectivity index (χ4v) is 3.31. The minimum Gasteiger partial charge on any atom is -0.330 e. The van der Waals surface area contributed by atoms with E-state index in [-0.39, 0.29) is 0 Å². The lowest BCUT2D eigenvalue weighted by Crippen LogP contribution is -2.33. The number of aryl methyl sites for hydroxylation is 1. The van der Waals surface area contributed by atoms with E-state index < -0.39 is 0 Å². The van der Waals surface area contributed by atoms with Crippen LogP contribution in [0.2, 0.25) is 0 Å². The van der Waals surface area contributed by atoms with Crippen LogP contribution in [0.15, 0.2) is 0 Å². The highest BCUT2D eigenvalue weighted by atomic mass is 15.3. The molecule has 0 aliphatic heterocycles. The second kappa shape index (κ2) is 5.43. The molecule has 0 spiro atoms. The highest BCUT2D eigenvalue weighted by molar-refractivity contribution is 5.23. The summed E-state index contributed by atoms with van der Waals surface area (Å²) in [4.78, 5) is 0. The van der Waals surface area contributed by atoms with Crippen molar-refractivity contribution in [2.24, 2.45) is 17.6 Å². The van der Waals surface area contributed by atoms with Gasteiger partial charge in [-0.25, -0.2) is 0 Å². The summed E-state index contributed by atoms with van der Waals surface area (Å²) >= 11 is 0. The van der Waals surface area contributed by atoms with Gasteiger partial charge in [0.25, 0.3) is 0 Å². The van der Waals surface area contributed by atoms with E-state index in [9.17, 15) is 0 Å². The first kappa shape index (κ1) is 13.6. The maximum atomic E-state index is 5.97. The lowest BCUT2D eigenvalue weighted by Gasteiger charge is -2.36. The minimum absolute atomic E-state index is 0.515. The van der Waals surface area contributed by atoms with Crippen LogP contribution in [-0.4, -0.2) is 16.3 Å². The summed E-state index contributed by atoms with van der Waals surface area (Å²) in [5, 5.41) is 4.76. The lowest BCUT2D eigenvalue weighted by atomic mass is 9.77. The van der Waals surface area contributed by atoms with E-state index in [1.807, 2.05) is 0 Å². The van der Waals surface area contributed by atoms with Gasteiger partial charge in [0.1, 0.15) is 0 Å². The molecule has 0 amide bonds. The molecule has 0 saturated heterocycles. The molecular weight excluding hydrogens is 222 g/mol. The maximum Gasteiger partial charge on any atom is 0.0625 e. The summed E-state index contributed by atoms with van der Waals surface area (Å²) in [6.07, 6.45) is 5.13. The van der Waals surface area contributed by atoms with Gasteiger partial charge in [-0.2, -0.15) is 5.10 Å². The number of nitrogens with zero attached hydrogens (tertiary/aromatic N) is 2. The van der Waals surface area contributed by atoms with Gasteiger partial charge in [-0.1, -0.05) is 13.3 Å². The van der Waals surface area contributed by atoms with Crippen molar-refractivity contribution >= 4 is 0 Å². The third-order valence-corrected chi connectivity index (χ3v) is 4.95. The largest absolute Gasteiger partial charge is 0.330 e. The fourth-order valence-electron chi connectivity index (χ4n) is 3.31. The molecule has 2 rings (SSSR count). The molecule has 0 aromatic carbocycles. The van der Waals surface area contributed by atoms with E-state index in [0.29, 0.717) is 12.0 Å². The predicted octanol–water partition coefficient (Wildman–Crippen LogP) is 3.13. The fraction of sp³-hybridized carbons (Fsp3) is 0.800. The smallest absolute Gasteiger partial charge is 0.0625 e. The summed E-state index contributed by atoms with van der Waals surface area (Å²) in [7, 11) is 0. The van der Waals surface area contributed by atoms with Crippen LogP contribution in [0.3, 0.4) is 0 Å². The molecule has 2 N–H and O–H groups in total. The summed E-state index contributed by atoms with van der Waals surface area (Å²) in [6, 6.07) is 0.515. The summed E-state index contributed by atoms with van der Waals surface area (Å²) in [6.45, 7) is 9.57. The van der Waals surface area contributed by atoms with Gasteiger partial charge >= 0.3 is 0 Å². The van der Waals surface area contributed by atoms with Gasteiger partial charge in [0, 0.05) is 5.69 Å². The Bertz CT molecular complexity index is 408. The van der Waals surface area contributed by atoms with Crippen LogP contribution in [0.25, 0.3) is 0 Å². The molecular formula is C15H27N3. The van der Waals surface area contributed by atoms with Crippen LogP contribution >= 0.6 is 0 Å². The zero-order valence-electron chi connectivity index (χ0n) is 12.2. The van der Waals surface area contributed by atoms with E-state index in [1.54, 1.807) is 0 Å². The van der Waals surface area contributed by atoms with Gasteiger partial charge in [0.05, 0.1) is 11.7 Å². The molecule has 3 unspecified atom stereocenters. The third-order valence-electron chi connectivity index (χ3n) is 4.95. The number of nitrogens with two attached hydrogens (primary N) is 1. The molecule has 3 heteroatoms. The SMILES string of the molecule is CCC1CCC(CN)C(n2nc(C)c(C)c2C)C1. The zero-order chi connectivity index (χ0) is 13.3. The third kappa shape index (κ3) is 2.33. The average Bonchev–Trinajstić information content (AvgIpc) is 2.65. The van der Waals surface area contributed by atoms with Gasteiger partial charge in [0.15, 0.2) is 0 Å². The molecule has 102 valence electrons. The lowest BCUT2D eigenvalue weighted by molar-refractivity contribution is 0.170. The van der Waals surface area contributed by atoms with Crippen LogP contribution in [0.1, 0.15) is 55.6 Å². The first-order valence-corrected chi connectivity index (χ1v) is 7.30. The second-order valence-corrected chi connectivity index (χ2v) is 5.89. The highest BCUT2D eigenvalue weighted by Crippen LogP contribution is 2.38. The van der Waals surface area contributed by atoms with Gasteiger partial charge in [-0.05, 0) is 64.0 Å². The molecule has 1 aliphatic carbocycles. The monoisotopic (exact) mass is 249 g/mol. The van der Waals surface area contributed by atoms with Crippen molar-refractivity contribution in [2.75, 3.05) is 6.54 Å². The van der Waals surface area contributed by atoms with Crippen LogP contribution in [0.5, 0.6) is 0 Å². The maximum absolute atomic E-state index is 5.97. The zero-order valence-corrected chi connectivity index (χ0v) is 12.2. The predicted molar refractivity (Wildman–Crippen MR) is 75.7 cm³/mol. The number of rotatable bonds is 3. The Kier molecular flexibility index (Phi) is 4.10. The minimum atomic E-state index is 0.515. The first-order valence-electron chi connectivity index (χ1n) is 7.30. The molecule has 1 aromatic rings. The summed E-state index contributed by atoms with van der Waals surface area (Å²) in [5.74, 6) is 1.45. The van der Waals surface area contributed by atoms with Crippen molar-refractivity contribution < 1.29 is 0 Å². The molecule has 3 atom stereocenters. The van der Waals surface area contributed by atoms with E-state index in [4.69, 9.17) is 10.8 Å². The van der Waals surface area contributed by atoms with Crippen LogP contribution < -0.4 is 5.73 Å². The summed E-state index contributed by atoms with van der Waals surface area (Å²) in [5.41, 5.74) is 9.80. The molecule has 1 aromatic heterocycles. The standard InChI is InChI=1S/C15H27N3/c1-5-13-6-7-14(9-16)15(8-13)18-12(4)10(2)11(3)17-18/h13-15H,5-9,16H2,1-4H3. The Balaban J connectivity index is 2.29. The molecule has 0 radical (unpaired) electrons. The van der Waals surface area contributed by atoms with Gasteiger partial charge in [-0.15, -0.1) is 0 Å².